The van der Waals surface area contributed by atoms with Gasteiger partial charge in [0.2, 0.25) is 0 Å². The molecule has 0 radical (unpaired) electrons. The van der Waals surface area contributed by atoms with E-state index in [0.29, 0.717) is 46.1 Å². The zero-order valence-corrected chi connectivity index (χ0v) is 20.5. The number of morpholine rings is 1. The number of anilines is 1. The Morgan fingerprint density at radius 3 is 2.88 bits per heavy atom. The van der Waals surface area contributed by atoms with Crippen LogP contribution >= 0.6 is 23.2 Å². The van der Waals surface area contributed by atoms with Crippen molar-refractivity contribution in [2.45, 2.75) is 44.8 Å². The second kappa shape index (κ2) is 10.7. The molecule has 0 unspecified atom stereocenters. The van der Waals surface area contributed by atoms with Gasteiger partial charge in [0.05, 0.1) is 34.4 Å². The van der Waals surface area contributed by atoms with Gasteiger partial charge in [-0.3, -0.25) is 9.78 Å². The number of hydrogen-bond donors (Lipinski definition) is 2. The normalized spacial score (nSPS) is 22.7. The molecule has 2 aromatic rings. The monoisotopic (exact) mass is 492 g/mol. The highest BCUT2D eigenvalue weighted by Gasteiger charge is 2.28. The number of nitrogens with zero attached hydrogens (tertiary/aromatic N) is 2. The highest BCUT2D eigenvalue weighted by molar-refractivity contribution is 6.36. The lowest BCUT2D eigenvalue weighted by Gasteiger charge is -2.35. The van der Waals surface area contributed by atoms with E-state index in [4.69, 9.17) is 37.7 Å². The Morgan fingerprint density at radius 2 is 2.12 bits per heavy atom. The largest absolute Gasteiger partial charge is 0.376 e. The summed E-state index contributed by atoms with van der Waals surface area (Å²) in [5.41, 5.74) is 1.72. The standard InChI is InChI=1S/C24H30Cl2N4O3/c1-24(2)11-15(5-7-33-24)12-29-22-4-3-18(25)23(30-22)17-9-16(28-13-19(17)26)10-20(31)21-14-27-6-8-32-21/h3-4,9,13,15,21,27H,5-8,10-12,14H2,1-2H3,(H,29,30)/t15-,21+/m0/s1. The molecule has 0 saturated carbocycles. The van der Waals surface area contributed by atoms with Crippen molar-refractivity contribution in [1.82, 2.24) is 15.3 Å². The molecule has 2 aliphatic rings. The second-order valence-electron chi connectivity index (χ2n) is 9.24. The summed E-state index contributed by atoms with van der Waals surface area (Å²) in [7, 11) is 0. The van der Waals surface area contributed by atoms with E-state index in [2.05, 4.69) is 29.5 Å². The molecule has 4 rings (SSSR count). The van der Waals surface area contributed by atoms with Gasteiger partial charge in [-0.25, -0.2) is 4.98 Å². The summed E-state index contributed by atoms with van der Waals surface area (Å²) in [6.45, 7) is 7.64. The van der Waals surface area contributed by atoms with E-state index in [9.17, 15) is 4.79 Å². The SMILES string of the molecule is CC1(C)C[C@@H](CNc2ccc(Cl)c(-c3cc(CC(=O)[C@H]4CNCCO4)ncc3Cl)n2)CCO1. The Bertz CT molecular complexity index is 996. The molecule has 0 aliphatic carbocycles. The average molecular weight is 493 g/mol. The van der Waals surface area contributed by atoms with Crippen LogP contribution in [0.3, 0.4) is 0 Å². The summed E-state index contributed by atoms with van der Waals surface area (Å²) < 4.78 is 11.4. The van der Waals surface area contributed by atoms with Crippen LogP contribution in [0.4, 0.5) is 5.82 Å². The van der Waals surface area contributed by atoms with Crippen LogP contribution in [0.2, 0.25) is 10.0 Å². The van der Waals surface area contributed by atoms with Crippen molar-refractivity contribution in [3.8, 4) is 11.3 Å². The number of Topliss-reactive ketones (excluding diaryl/α,β-unsaturated/α-hetero) is 1. The van der Waals surface area contributed by atoms with Crippen LogP contribution in [-0.4, -0.2) is 60.3 Å². The Balaban J connectivity index is 1.48. The molecule has 0 bridgehead atoms. The predicted octanol–water partition coefficient (Wildman–Crippen LogP) is 4.17. The van der Waals surface area contributed by atoms with Gasteiger partial charge in [0.25, 0.3) is 0 Å². The van der Waals surface area contributed by atoms with E-state index in [1.165, 1.54) is 0 Å². The van der Waals surface area contributed by atoms with Gasteiger partial charge in [-0.1, -0.05) is 23.2 Å². The fourth-order valence-corrected chi connectivity index (χ4v) is 4.74. The first-order valence-corrected chi connectivity index (χ1v) is 12.1. The van der Waals surface area contributed by atoms with Gasteiger partial charge in [-0.2, -0.15) is 0 Å². The van der Waals surface area contributed by atoms with Crippen molar-refractivity contribution in [3.63, 3.8) is 0 Å². The highest BCUT2D eigenvalue weighted by atomic mass is 35.5. The maximum Gasteiger partial charge on any atom is 0.168 e. The first-order valence-electron chi connectivity index (χ1n) is 11.3. The van der Waals surface area contributed by atoms with Gasteiger partial charge < -0.3 is 20.1 Å². The first kappa shape index (κ1) is 24.4. The molecular formula is C24H30Cl2N4O3. The molecule has 2 aromatic heterocycles. The Morgan fingerprint density at radius 1 is 1.27 bits per heavy atom. The Labute approximate surface area is 204 Å². The zero-order valence-electron chi connectivity index (χ0n) is 19.0. The number of aromatic nitrogens is 2. The van der Waals surface area contributed by atoms with Crippen LogP contribution in [0.1, 0.15) is 32.4 Å². The summed E-state index contributed by atoms with van der Waals surface area (Å²) in [5.74, 6) is 1.22. The molecule has 4 heterocycles. The highest BCUT2D eigenvalue weighted by Crippen LogP contribution is 2.34. The number of hydrogen-bond acceptors (Lipinski definition) is 7. The number of ether oxygens (including phenoxy) is 2. The van der Waals surface area contributed by atoms with Crippen LogP contribution in [0.5, 0.6) is 0 Å². The molecular weight excluding hydrogens is 463 g/mol. The summed E-state index contributed by atoms with van der Waals surface area (Å²) in [4.78, 5) is 21.7. The first-order chi connectivity index (χ1) is 15.8. The van der Waals surface area contributed by atoms with Gasteiger partial charge in [0.15, 0.2) is 5.78 Å². The van der Waals surface area contributed by atoms with Crippen LogP contribution in [0, 0.1) is 5.92 Å². The summed E-state index contributed by atoms with van der Waals surface area (Å²) in [5, 5.41) is 7.52. The van der Waals surface area contributed by atoms with Crippen molar-refractivity contribution >= 4 is 34.8 Å². The molecule has 7 nitrogen and oxygen atoms in total. The molecule has 2 saturated heterocycles. The topological polar surface area (TPSA) is 85.4 Å². The van der Waals surface area contributed by atoms with E-state index in [0.717, 1.165) is 38.4 Å². The third-order valence-corrected chi connectivity index (χ3v) is 6.63. The smallest absolute Gasteiger partial charge is 0.168 e. The van der Waals surface area contributed by atoms with Gasteiger partial charge in [-0.05, 0) is 50.8 Å². The molecule has 178 valence electrons. The van der Waals surface area contributed by atoms with Gasteiger partial charge in [0.1, 0.15) is 11.9 Å². The Kier molecular flexibility index (Phi) is 7.87. The molecule has 0 amide bonds. The van der Waals surface area contributed by atoms with E-state index >= 15 is 0 Å². The van der Waals surface area contributed by atoms with Crippen LogP contribution in [0.15, 0.2) is 24.4 Å². The van der Waals surface area contributed by atoms with E-state index in [-0.39, 0.29) is 17.8 Å². The quantitative estimate of drug-likeness (QED) is 0.599. The molecule has 2 fully saturated rings. The maximum atomic E-state index is 12.6. The number of pyridine rings is 2. The number of rotatable bonds is 7. The van der Waals surface area contributed by atoms with E-state index in [1.54, 1.807) is 12.3 Å². The molecule has 9 heteroatoms. The Hall–Kier alpha value is -1.77. The van der Waals surface area contributed by atoms with Crippen LogP contribution in [-0.2, 0) is 20.7 Å². The number of carbonyl (C=O) groups excluding carboxylic acids is 1. The van der Waals surface area contributed by atoms with Crippen LogP contribution < -0.4 is 10.6 Å². The third kappa shape index (κ3) is 6.43. The summed E-state index contributed by atoms with van der Waals surface area (Å²) in [6.07, 6.45) is 3.26. The van der Waals surface area contributed by atoms with Crippen LogP contribution in [0.25, 0.3) is 11.3 Å². The molecule has 2 N–H and O–H groups in total. The zero-order chi connectivity index (χ0) is 23.4. The lowest BCUT2D eigenvalue weighted by molar-refractivity contribution is -0.131. The molecule has 2 atom stereocenters. The van der Waals surface area contributed by atoms with Gasteiger partial charge in [-0.15, -0.1) is 0 Å². The minimum absolute atomic E-state index is 0.0168. The summed E-state index contributed by atoms with van der Waals surface area (Å²) in [6, 6.07) is 5.46. The van der Waals surface area contributed by atoms with Crippen molar-refractivity contribution in [1.29, 1.82) is 0 Å². The number of carbonyl (C=O) groups is 1. The van der Waals surface area contributed by atoms with Crippen molar-refractivity contribution in [3.05, 3.63) is 40.1 Å². The lowest BCUT2D eigenvalue weighted by atomic mass is 9.88. The minimum atomic E-state index is -0.455. The molecule has 33 heavy (non-hydrogen) atoms. The minimum Gasteiger partial charge on any atom is -0.376 e. The fourth-order valence-electron chi connectivity index (χ4n) is 4.34. The predicted molar refractivity (Wildman–Crippen MR) is 130 cm³/mol. The lowest BCUT2D eigenvalue weighted by Crippen LogP contribution is -2.43. The molecule has 2 aliphatic heterocycles. The van der Waals surface area contributed by atoms with Gasteiger partial charge in [0, 0.05) is 43.7 Å². The number of ketones is 1. The van der Waals surface area contributed by atoms with E-state index in [1.807, 2.05) is 12.1 Å². The van der Waals surface area contributed by atoms with Crippen molar-refractivity contribution < 1.29 is 14.3 Å². The van der Waals surface area contributed by atoms with Crippen molar-refractivity contribution in [2.24, 2.45) is 5.92 Å². The number of nitrogens with one attached hydrogen (secondary N) is 2. The summed E-state index contributed by atoms with van der Waals surface area (Å²) >= 11 is 12.9. The van der Waals surface area contributed by atoms with Gasteiger partial charge >= 0.3 is 0 Å². The average Bonchev–Trinajstić information content (AvgIpc) is 2.80. The molecule has 0 spiro atoms. The van der Waals surface area contributed by atoms with Crippen molar-refractivity contribution in [2.75, 3.05) is 38.2 Å². The fraction of sp³-hybridized carbons (Fsp3) is 0.542. The van der Waals surface area contributed by atoms with E-state index < -0.39 is 6.10 Å². The maximum absolute atomic E-state index is 12.6. The second-order valence-corrected chi connectivity index (χ2v) is 10.1. The third-order valence-electron chi connectivity index (χ3n) is 6.03. The number of halogens is 2. The molecule has 0 aromatic carbocycles.